The summed E-state index contributed by atoms with van der Waals surface area (Å²) in [6.45, 7) is 5.48. The van der Waals surface area contributed by atoms with Crippen molar-refractivity contribution in [1.82, 2.24) is 14.9 Å². The van der Waals surface area contributed by atoms with Gasteiger partial charge in [0, 0.05) is 32.9 Å². The molecule has 0 aliphatic heterocycles. The molecule has 3 N–H and O–H groups in total. The maximum absolute atomic E-state index is 12.7. The number of rotatable bonds is 9. The molecule has 0 atom stereocenters. The summed E-state index contributed by atoms with van der Waals surface area (Å²) in [6, 6.07) is 7.34. The maximum Gasteiger partial charge on any atom is 0.270 e. The molecule has 0 aromatic carbocycles. The average Bonchev–Trinajstić information content (AvgIpc) is 3.03. The highest BCUT2D eigenvalue weighted by Crippen LogP contribution is 2.08. The number of carbonyl (C=O) groups excluding carboxylic acids is 1. The summed E-state index contributed by atoms with van der Waals surface area (Å²) >= 11 is 1.09. The lowest BCUT2D eigenvalue weighted by atomic mass is 10.3. The molecule has 0 unspecified atom stereocenters. The van der Waals surface area contributed by atoms with Crippen molar-refractivity contribution >= 4 is 40.7 Å². The van der Waals surface area contributed by atoms with Gasteiger partial charge < -0.3 is 20.7 Å². The predicted octanol–water partition coefficient (Wildman–Crippen LogP) is 0.0435. The zero-order chi connectivity index (χ0) is 21.2. The van der Waals surface area contributed by atoms with Gasteiger partial charge in [-0.25, -0.2) is 4.98 Å². The number of methoxy groups -OCH3 is 1. The van der Waals surface area contributed by atoms with E-state index in [2.05, 4.69) is 20.9 Å². The summed E-state index contributed by atoms with van der Waals surface area (Å²) in [4.78, 5) is 29.3. The van der Waals surface area contributed by atoms with E-state index in [1.807, 2.05) is 18.2 Å². The fourth-order valence-corrected chi connectivity index (χ4v) is 3.56. The number of hydrogen-bond donors (Lipinski definition) is 3. The largest absolute Gasteiger partial charge is 0.383 e. The Morgan fingerprint density at radius 3 is 2.79 bits per heavy atom. The fourth-order valence-electron chi connectivity index (χ4n) is 2.47. The van der Waals surface area contributed by atoms with Gasteiger partial charge in [-0.15, -0.1) is 11.3 Å². The van der Waals surface area contributed by atoms with Crippen molar-refractivity contribution in [2.75, 3.05) is 37.4 Å². The molecule has 0 saturated heterocycles. The molecular formula is C19H24N6O3S. The van der Waals surface area contributed by atoms with Crippen LogP contribution in [-0.2, 0) is 16.1 Å². The van der Waals surface area contributed by atoms with Crippen molar-refractivity contribution in [3.63, 3.8) is 0 Å². The van der Waals surface area contributed by atoms with E-state index >= 15 is 0 Å². The number of nitrogens with zero attached hydrogens (tertiary/aromatic N) is 3. The van der Waals surface area contributed by atoms with Crippen molar-refractivity contribution in [3.8, 4) is 6.07 Å². The molecule has 10 heteroatoms. The summed E-state index contributed by atoms with van der Waals surface area (Å²) in [5.74, 6) is 0.738. The predicted molar refractivity (Wildman–Crippen MR) is 114 cm³/mol. The van der Waals surface area contributed by atoms with E-state index in [1.165, 1.54) is 10.8 Å². The number of pyridine rings is 1. The number of anilines is 2. The topological polar surface area (TPSA) is 121 Å². The number of thiazole rings is 1. The molecule has 2 aromatic rings. The Bertz CT molecular complexity index is 1070. The van der Waals surface area contributed by atoms with Crippen LogP contribution in [0.2, 0.25) is 0 Å². The third-order valence-corrected chi connectivity index (χ3v) is 4.96. The Morgan fingerprint density at radius 1 is 1.38 bits per heavy atom. The summed E-state index contributed by atoms with van der Waals surface area (Å²) in [5, 5.41) is 18.2. The molecule has 2 aromatic heterocycles. The SMILES string of the molecule is CCNC(=O)/C(C#N)=c1\s/c(=C/Nc2cccc(NCCOC)n2)c(=O)n1CC. The van der Waals surface area contributed by atoms with E-state index in [-0.39, 0.29) is 11.1 Å². The Labute approximate surface area is 172 Å². The number of hydrogen-bond acceptors (Lipinski definition) is 8. The van der Waals surface area contributed by atoms with Crippen LogP contribution in [-0.4, -0.2) is 42.3 Å². The number of nitrogens with one attached hydrogen (secondary N) is 3. The Morgan fingerprint density at radius 2 is 2.14 bits per heavy atom. The quantitative estimate of drug-likeness (QED) is 0.494. The summed E-state index contributed by atoms with van der Waals surface area (Å²) < 4.78 is 7.12. The lowest BCUT2D eigenvalue weighted by molar-refractivity contribution is -0.115. The third kappa shape index (κ3) is 5.66. The lowest BCUT2D eigenvalue weighted by Crippen LogP contribution is -2.34. The molecule has 29 heavy (non-hydrogen) atoms. The van der Waals surface area contributed by atoms with Crippen LogP contribution in [0.3, 0.4) is 0 Å². The van der Waals surface area contributed by atoms with Gasteiger partial charge in [0.15, 0.2) is 5.57 Å². The third-order valence-electron chi connectivity index (χ3n) is 3.83. The molecule has 1 amide bonds. The van der Waals surface area contributed by atoms with Gasteiger partial charge in [-0.1, -0.05) is 6.07 Å². The van der Waals surface area contributed by atoms with E-state index in [0.29, 0.717) is 47.1 Å². The zero-order valence-electron chi connectivity index (χ0n) is 16.6. The van der Waals surface area contributed by atoms with Crippen molar-refractivity contribution in [3.05, 3.63) is 37.7 Å². The van der Waals surface area contributed by atoms with Gasteiger partial charge in [-0.3, -0.25) is 14.2 Å². The van der Waals surface area contributed by atoms with Gasteiger partial charge in [-0.05, 0) is 26.0 Å². The van der Waals surface area contributed by atoms with Crippen LogP contribution in [0, 0.1) is 11.3 Å². The minimum absolute atomic E-state index is 0.0714. The van der Waals surface area contributed by atoms with Crippen LogP contribution < -0.4 is 30.7 Å². The zero-order valence-corrected chi connectivity index (χ0v) is 17.4. The molecule has 0 saturated carbocycles. The second-order valence-electron chi connectivity index (χ2n) is 5.78. The van der Waals surface area contributed by atoms with Crippen LogP contribution in [0.15, 0.2) is 23.0 Å². The van der Waals surface area contributed by atoms with Crippen LogP contribution in [0.1, 0.15) is 13.8 Å². The summed E-state index contributed by atoms with van der Waals surface area (Å²) in [7, 11) is 1.63. The lowest BCUT2D eigenvalue weighted by Gasteiger charge is -2.06. The van der Waals surface area contributed by atoms with Crippen LogP contribution in [0.5, 0.6) is 0 Å². The molecule has 0 fully saturated rings. The smallest absolute Gasteiger partial charge is 0.270 e. The van der Waals surface area contributed by atoms with Crippen LogP contribution in [0.25, 0.3) is 11.8 Å². The highest BCUT2D eigenvalue weighted by atomic mass is 32.1. The van der Waals surface area contributed by atoms with Gasteiger partial charge >= 0.3 is 0 Å². The molecule has 0 aliphatic carbocycles. The summed E-state index contributed by atoms with van der Waals surface area (Å²) in [5.41, 5.74) is -0.343. The van der Waals surface area contributed by atoms with Crippen molar-refractivity contribution in [2.45, 2.75) is 20.4 Å². The van der Waals surface area contributed by atoms with Crippen molar-refractivity contribution in [2.24, 2.45) is 0 Å². The highest BCUT2D eigenvalue weighted by Gasteiger charge is 2.14. The summed E-state index contributed by atoms with van der Waals surface area (Å²) in [6.07, 6.45) is 1.54. The molecule has 0 spiro atoms. The molecule has 0 aliphatic rings. The van der Waals surface area contributed by atoms with E-state index in [4.69, 9.17) is 4.74 Å². The minimum atomic E-state index is -0.491. The number of aromatic nitrogens is 2. The molecule has 0 bridgehead atoms. The fraction of sp³-hybridized carbons (Fsp3) is 0.368. The molecular weight excluding hydrogens is 392 g/mol. The number of nitriles is 1. The number of carbonyl (C=O) groups is 1. The first-order valence-electron chi connectivity index (χ1n) is 9.14. The van der Waals surface area contributed by atoms with E-state index in [0.717, 1.165) is 11.3 Å². The molecule has 2 heterocycles. The van der Waals surface area contributed by atoms with E-state index < -0.39 is 5.91 Å². The van der Waals surface area contributed by atoms with Gasteiger partial charge in [0.1, 0.15) is 26.9 Å². The van der Waals surface area contributed by atoms with Crippen LogP contribution in [0.4, 0.5) is 11.6 Å². The normalized spacial score (nSPS) is 12.3. The maximum atomic E-state index is 12.7. The van der Waals surface area contributed by atoms with E-state index in [1.54, 1.807) is 27.0 Å². The molecule has 0 radical (unpaired) electrons. The first kappa shape index (κ1) is 22.1. The standard InChI is InChI=1S/C19H24N6O3S/c1-4-21-17(26)13(11-20)19-25(5-2)18(27)14(29-19)12-23-16-8-6-7-15(24-16)22-9-10-28-3/h6-8,12H,4-5,9-10H2,1-3H3,(H,21,26)(H2,22,23,24)/b14-12+,19-13-. The van der Waals surface area contributed by atoms with Gasteiger partial charge in [0.05, 0.1) is 6.61 Å². The Kier molecular flexibility index (Phi) is 8.39. The molecule has 154 valence electrons. The molecule has 2 rings (SSSR count). The van der Waals surface area contributed by atoms with Crippen molar-refractivity contribution in [1.29, 1.82) is 5.26 Å². The first-order valence-corrected chi connectivity index (χ1v) is 9.96. The minimum Gasteiger partial charge on any atom is -0.383 e. The van der Waals surface area contributed by atoms with Crippen LogP contribution >= 0.6 is 11.3 Å². The Balaban J connectivity index is 2.39. The first-order chi connectivity index (χ1) is 14.0. The van der Waals surface area contributed by atoms with Gasteiger partial charge in [0.2, 0.25) is 0 Å². The second kappa shape index (κ2) is 11.0. The van der Waals surface area contributed by atoms with Crippen molar-refractivity contribution < 1.29 is 9.53 Å². The number of amides is 1. The van der Waals surface area contributed by atoms with Gasteiger partial charge in [0.25, 0.3) is 11.5 Å². The Hall–Kier alpha value is -3.16. The van der Waals surface area contributed by atoms with Gasteiger partial charge in [-0.2, -0.15) is 5.26 Å². The van der Waals surface area contributed by atoms with E-state index in [9.17, 15) is 14.9 Å². The monoisotopic (exact) mass is 416 g/mol. The average molecular weight is 417 g/mol. The highest BCUT2D eigenvalue weighted by molar-refractivity contribution is 7.07. The molecule has 9 nitrogen and oxygen atoms in total. The second-order valence-corrected chi connectivity index (χ2v) is 6.81. The number of ether oxygens (including phenoxy) is 1.